The number of carboxylic acid groups (broad SMARTS) is 1. The van der Waals surface area contributed by atoms with Crippen molar-refractivity contribution in [2.45, 2.75) is 59.4 Å². The molecule has 1 N–H and O–H groups in total. The molecule has 2 aliphatic rings. The Kier molecular flexibility index (Phi) is 7.07. The van der Waals surface area contributed by atoms with E-state index in [4.69, 9.17) is 0 Å². The lowest BCUT2D eigenvalue weighted by atomic mass is 9.83. The lowest BCUT2D eigenvalue weighted by Gasteiger charge is -2.45. The molecule has 2 amide bonds. The van der Waals surface area contributed by atoms with Crippen LogP contribution in [0.25, 0.3) is 5.57 Å². The van der Waals surface area contributed by atoms with Crippen LogP contribution in [0.2, 0.25) is 0 Å². The second-order valence-corrected chi connectivity index (χ2v) is 10.5. The number of carbonyl (C=O) groups excluding carboxylic acids is 2. The van der Waals surface area contributed by atoms with Crippen LogP contribution >= 0.6 is 0 Å². The summed E-state index contributed by atoms with van der Waals surface area (Å²) >= 11 is 0. The van der Waals surface area contributed by atoms with Crippen molar-refractivity contribution in [2.75, 3.05) is 19.6 Å². The Morgan fingerprint density at radius 3 is 2.23 bits per heavy atom. The minimum absolute atomic E-state index is 0.170. The van der Waals surface area contributed by atoms with E-state index in [0.717, 1.165) is 27.2 Å². The van der Waals surface area contributed by atoms with Crippen LogP contribution in [-0.2, 0) is 14.4 Å². The highest BCUT2D eigenvalue weighted by atomic mass is 19.3. The van der Waals surface area contributed by atoms with Crippen molar-refractivity contribution in [3.63, 3.8) is 0 Å². The van der Waals surface area contributed by atoms with E-state index in [1.165, 1.54) is 4.90 Å². The molecule has 0 aliphatic carbocycles. The quantitative estimate of drug-likeness (QED) is 0.699. The van der Waals surface area contributed by atoms with Crippen LogP contribution in [0.1, 0.15) is 55.9 Å². The maximum atomic E-state index is 14.4. The van der Waals surface area contributed by atoms with E-state index in [-0.39, 0.29) is 13.1 Å². The van der Waals surface area contributed by atoms with Gasteiger partial charge in [-0.15, -0.1) is 0 Å². The molecule has 0 saturated carbocycles. The Balaban J connectivity index is 1.90. The maximum Gasteiger partial charge on any atom is 0.309 e. The molecular formula is C26H31F2N3O4. The molecule has 2 aliphatic heterocycles. The van der Waals surface area contributed by atoms with Gasteiger partial charge in [0, 0.05) is 24.9 Å². The molecule has 188 valence electrons. The van der Waals surface area contributed by atoms with Gasteiger partial charge in [0.1, 0.15) is 6.04 Å². The van der Waals surface area contributed by atoms with Crippen molar-refractivity contribution < 1.29 is 28.3 Å². The summed E-state index contributed by atoms with van der Waals surface area (Å²) < 4.78 is 28.9. The molecule has 1 fully saturated rings. The first-order chi connectivity index (χ1) is 16.2. The summed E-state index contributed by atoms with van der Waals surface area (Å²) in [5.74, 6) is -7.94. The van der Waals surface area contributed by atoms with Gasteiger partial charge in [0.2, 0.25) is 11.8 Å². The van der Waals surface area contributed by atoms with Gasteiger partial charge in [-0.2, -0.15) is 5.26 Å². The number of carboxylic acids is 1. The third-order valence-electron chi connectivity index (χ3n) is 6.65. The van der Waals surface area contributed by atoms with Gasteiger partial charge in [-0.05, 0) is 42.5 Å². The minimum atomic E-state index is -3.40. The number of piperidine rings is 1. The number of hydrogen-bond donors (Lipinski definition) is 1. The van der Waals surface area contributed by atoms with E-state index in [9.17, 15) is 33.5 Å². The monoisotopic (exact) mass is 487 g/mol. The van der Waals surface area contributed by atoms with Crippen LogP contribution in [-0.4, -0.2) is 64.3 Å². The zero-order valence-electron chi connectivity index (χ0n) is 20.7. The van der Waals surface area contributed by atoms with E-state index in [0.29, 0.717) is 12.0 Å². The second-order valence-electron chi connectivity index (χ2n) is 10.5. The largest absolute Gasteiger partial charge is 0.481 e. The van der Waals surface area contributed by atoms with Crippen molar-refractivity contribution in [1.82, 2.24) is 9.80 Å². The number of hydrogen-bond acceptors (Lipinski definition) is 4. The van der Waals surface area contributed by atoms with Gasteiger partial charge in [-0.1, -0.05) is 39.0 Å². The van der Waals surface area contributed by atoms with Crippen LogP contribution in [0.15, 0.2) is 18.2 Å². The minimum Gasteiger partial charge on any atom is -0.481 e. The highest BCUT2D eigenvalue weighted by Crippen LogP contribution is 2.38. The van der Waals surface area contributed by atoms with E-state index >= 15 is 0 Å². The summed E-state index contributed by atoms with van der Waals surface area (Å²) in [5.41, 5.74) is 3.19. The van der Waals surface area contributed by atoms with Crippen molar-refractivity contribution in [2.24, 2.45) is 11.3 Å². The third-order valence-corrected chi connectivity index (χ3v) is 6.65. The molecule has 3 rings (SSSR count). The number of benzene rings is 1. The summed E-state index contributed by atoms with van der Waals surface area (Å²) in [6, 6.07) is 4.53. The number of aliphatic carboxylic acids is 1. The summed E-state index contributed by atoms with van der Waals surface area (Å²) in [6.45, 7) is 7.83. The van der Waals surface area contributed by atoms with Gasteiger partial charge < -0.3 is 14.9 Å². The van der Waals surface area contributed by atoms with Gasteiger partial charge in [0.25, 0.3) is 5.92 Å². The smallest absolute Gasteiger partial charge is 0.309 e. The number of nitrogens with zero attached hydrogens (tertiary/aromatic N) is 3. The second kappa shape index (κ2) is 9.40. The summed E-state index contributed by atoms with van der Waals surface area (Å²) in [4.78, 5) is 40.7. The molecule has 35 heavy (non-hydrogen) atoms. The Morgan fingerprint density at radius 1 is 1.17 bits per heavy atom. The number of amides is 2. The number of aryl methyl sites for hydroxylation is 2. The van der Waals surface area contributed by atoms with Gasteiger partial charge in [-0.3, -0.25) is 14.4 Å². The van der Waals surface area contributed by atoms with Crippen LogP contribution in [0.4, 0.5) is 8.78 Å². The van der Waals surface area contributed by atoms with Crippen LogP contribution < -0.4 is 0 Å². The Labute approximate surface area is 204 Å². The van der Waals surface area contributed by atoms with E-state index < -0.39 is 54.0 Å². The fourth-order valence-corrected chi connectivity index (χ4v) is 4.86. The van der Waals surface area contributed by atoms with Crippen molar-refractivity contribution in [3.8, 4) is 6.07 Å². The molecule has 0 bridgehead atoms. The number of nitriles is 1. The normalized spacial score (nSPS) is 22.3. The molecular weight excluding hydrogens is 456 g/mol. The first kappa shape index (κ1) is 26.3. The molecule has 2 heterocycles. The molecule has 0 radical (unpaired) electrons. The average molecular weight is 488 g/mol. The zero-order chi connectivity index (χ0) is 26.3. The number of halogens is 2. The van der Waals surface area contributed by atoms with Crippen molar-refractivity contribution >= 4 is 23.4 Å². The maximum absolute atomic E-state index is 14.4. The van der Waals surface area contributed by atoms with Gasteiger partial charge >= 0.3 is 5.97 Å². The Hall–Kier alpha value is -3.28. The predicted molar refractivity (Wildman–Crippen MR) is 125 cm³/mol. The lowest BCUT2D eigenvalue weighted by molar-refractivity contribution is -0.178. The van der Waals surface area contributed by atoms with Gasteiger partial charge in [0.05, 0.1) is 24.1 Å². The van der Waals surface area contributed by atoms with Crippen LogP contribution in [0.5, 0.6) is 0 Å². The third kappa shape index (κ3) is 5.37. The van der Waals surface area contributed by atoms with Crippen molar-refractivity contribution in [1.29, 1.82) is 5.26 Å². The number of carbonyl (C=O) groups is 3. The summed E-state index contributed by atoms with van der Waals surface area (Å²) in [7, 11) is 0. The molecule has 7 nitrogen and oxygen atoms in total. The fraction of sp³-hybridized carbons (Fsp3) is 0.538. The molecule has 0 aromatic heterocycles. The molecule has 1 saturated heterocycles. The molecule has 9 heteroatoms. The summed E-state index contributed by atoms with van der Waals surface area (Å²) in [6.07, 6.45) is 1.33. The first-order valence-electron chi connectivity index (χ1n) is 11.6. The highest BCUT2D eigenvalue weighted by Gasteiger charge is 2.55. The van der Waals surface area contributed by atoms with E-state index in [2.05, 4.69) is 6.07 Å². The van der Waals surface area contributed by atoms with Crippen LogP contribution in [0.3, 0.4) is 0 Å². The number of alkyl halides is 2. The molecule has 1 aromatic rings. The topological polar surface area (TPSA) is 102 Å². The molecule has 1 aromatic carbocycles. The van der Waals surface area contributed by atoms with E-state index in [1.54, 1.807) is 20.8 Å². The number of rotatable bonds is 3. The number of likely N-dealkylation sites (tertiary alicyclic amines) is 1. The average Bonchev–Trinajstić information content (AvgIpc) is 2.76. The van der Waals surface area contributed by atoms with Gasteiger partial charge in [0.15, 0.2) is 0 Å². The zero-order valence-corrected chi connectivity index (χ0v) is 20.7. The standard InChI is InChI=1S/C26H31F2N3O4/c1-15-10-18(11-16(2)20(15)13-29)17-6-8-30(9-7-17)22(32)21-19(23(33)34)12-26(27,28)14-31(21)24(35)25(3,4)5/h6,10-11,19,21H,7-9,12,14H2,1-5H3,(H,33,34)/t19-,21-/m0/s1. The highest BCUT2D eigenvalue weighted by molar-refractivity contribution is 5.94. The van der Waals surface area contributed by atoms with Crippen LogP contribution in [0, 0.1) is 36.5 Å². The Bertz CT molecular complexity index is 1110. The Morgan fingerprint density at radius 2 is 1.77 bits per heavy atom. The molecule has 0 unspecified atom stereocenters. The molecule has 2 atom stereocenters. The van der Waals surface area contributed by atoms with Crippen molar-refractivity contribution in [3.05, 3.63) is 40.5 Å². The lowest BCUT2D eigenvalue weighted by Crippen LogP contribution is -2.64. The molecule has 0 spiro atoms. The first-order valence-corrected chi connectivity index (χ1v) is 11.6. The predicted octanol–water partition coefficient (Wildman–Crippen LogP) is 3.77. The summed E-state index contributed by atoms with van der Waals surface area (Å²) in [5, 5.41) is 19.0. The van der Waals surface area contributed by atoms with E-state index in [1.807, 2.05) is 32.1 Å². The SMILES string of the molecule is Cc1cc(C2=CCN(C(=O)[C@@H]3[C@@H](C(=O)O)CC(F)(F)CN3C(=O)C(C)(C)C)CC2)cc(C)c1C#N. The fourth-order valence-electron chi connectivity index (χ4n) is 4.86. The van der Waals surface area contributed by atoms with Gasteiger partial charge in [-0.25, -0.2) is 8.78 Å².